The predicted molar refractivity (Wildman–Crippen MR) is 254 cm³/mol. The number of rotatable bonds is 8. The van der Waals surface area contributed by atoms with Gasteiger partial charge in [-0.1, -0.05) is 218 Å². The van der Waals surface area contributed by atoms with E-state index in [9.17, 15) is 0 Å². The van der Waals surface area contributed by atoms with Gasteiger partial charge in [0.15, 0.2) is 0 Å². The van der Waals surface area contributed by atoms with Gasteiger partial charge in [0, 0.05) is 0 Å². The van der Waals surface area contributed by atoms with Gasteiger partial charge in [-0.3, -0.25) is 0 Å². The third kappa shape index (κ3) is 6.18. The summed E-state index contributed by atoms with van der Waals surface area (Å²) in [5.41, 5.74) is 24.6. The highest BCUT2D eigenvalue weighted by molar-refractivity contribution is 6.39. The fraction of sp³-hybridized carbons (Fsp3) is 0. The molecular formula is C60H40. The third-order valence-corrected chi connectivity index (χ3v) is 12.0. The first-order valence-corrected chi connectivity index (χ1v) is 20.8. The predicted octanol–water partition coefficient (Wildman–Crippen LogP) is 15.7. The number of allylic oxidation sites excluding steroid dienone is 5. The van der Waals surface area contributed by atoms with Gasteiger partial charge >= 0.3 is 0 Å². The Morgan fingerprint density at radius 1 is 0.133 bits per heavy atom. The summed E-state index contributed by atoms with van der Waals surface area (Å²) in [5, 5.41) is 0. The first-order valence-electron chi connectivity index (χ1n) is 20.8. The van der Waals surface area contributed by atoms with Crippen molar-refractivity contribution in [2.75, 3.05) is 0 Å². The van der Waals surface area contributed by atoms with E-state index >= 15 is 0 Å². The highest BCUT2D eigenvalue weighted by Gasteiger charge is 2.41. The Hall–Kier alpha value is -7.80. The topological polar surface area (TPSA) is 0 Å². The zero-order valence-electron chi connectivity index (χ0n) is 33.1. The zero-order chi connectivity index (χ0) is 39.8. The van der Waals surface area contributed by atoms with Crippen molar-refractivity contribution in [2.24, 2.45) is 0 Å². The van der Waals surface area contributed by atoms with Crippen molar-refractivity contribution in [3.05, 3.63) is 282 Å². The van der Waals surface area contributed by atoms with Crippen LogP contribution in [0.3, 0.4) is 0 Å². The van der Waals surface area contributed by atoms with Gasteiger partial charge in [0.05, 0.1) is 0 Å². The van der Waals surface area contributed by atoms with E-state index in [-0.39, 0.29) is 0 Å². The van der Waals surface area contributed by atoms with Crippen molar-refractivity contribution in [2.45, 2.75) is 0 Å². The summed E-state index contributed by atoms with van der Waals surface area (Å²) in [6.45, 7) is 0. The van der Waals surface area contributed by atoms with Crippen molar-refractivity contribution in [3.8, 4) is 44.5 Å². The maximum absolute atomic E-state index is 2.49. The Labute approximate surface area is 352 Å². The molecule has 280 valence electrons. The van der Waals surface area contributed by atoms with Crippen LogP contribution in [0.5, 0.6) is 0 Å². The SMILES string of the molecule is c1ccc(C2=C(c3ccccc3)C(c3cccc(-c4ccccc4)c3)=C3C2=C(c2cccc(-c4ccccc4)c2)c2cc(-c4ccccc4)c(-c4ccccc4)cc23)cc1. The lowest BCUT2D eigenvalue weighted by molar-refractivity contribution is 1.51. The minimum absolute atomic E-state index is 1.20. The number of hydrogen-bond donors (Lipinski definition) is 0. The second-order valence-corrected chi connectivity index (χ2v) is 15.6. The average Bonchev–Trinajstić information content (AvgIpc) is 3.85. The second kappa shape index (κ2) is 15.2. The van der Waals surface area contributed by atoms with E-state index in [0.717, 1.165) is 0 Å². The van der Waals surface area contributed by atoms with Crippen molar-refractivity contribution in [1.29, 1.82) is 0 Å². The number of fused-ring (bicyclic) bond motifs is 3. The van der Waals surface area contributed by atoms with Crippen LogP contribution in [0.25, 0.3) is 72.4 Å². The molecule has 0 radical (unpaired) electrons. The van der Waals surface area contributed by atoms with E-state index in [0.29, 0.717) is 0 Å². The molecule has 0 unspecified atom stereocenters. The molecule has 0 spiro atoms. The minimum atomic E-state index is 1.20. The molecule has 0 N–H and O–H groups in total. The van der Waals surface area contributed by atoms with Crippen molar-refractivity contribution in [1.82, 2.24) is 0 Å². The van der Waals surface area contributed by atoms with Crippen LogP contribution in [-0.4, -0.2) is 0 Å². The van der Waals surface area contributed by atoms with Crippen LogP contribution in [0, 0.1) is 0 Å². The molecule has 2 aliphatic carbocycles. The Kier molecular flexibility index (Phi) is 8.95. The fourth-order valence-corrected chi connectivity index (χ4v) is 9.35. The summed E-state index contributed by atoms with van der Waals surface area (Å²) >= 11 is 0. The Morgan fingerprint density at radius 2 is 0.417 bits per heavy atom. The van der Waals surface area contributed by atoms with Crippen LogP contribution in [0.2, 0.25) is 0 Å². The Bertz CT molecular complexity index is 3120. The van der Waals surface area contributed by atoms with E-state index in [4.69, 9.17) is 0 Å². The quantitative estimate of drug-likeness (QED) is 0.145. The Balaban J connectivity index is 1.31. The van der Waals surface area contributed by atoms with E-state index < -0.39 is 0 Å². The van der Waals surface area contributed by atoms with Crippen LogP contribution < -0.4 is 0 Å². The summed E-state index contributed by atoms with van der Waals surface area (Å²) in [6.07, 6.45) is 0. The van der Waals surface area contributed by atoms with Crippen LogP contribution >= 0.6 is 0 Å². The molecule has 2 aliphatic rings. The summed E-state index contributed by atoms with van der Waals surface area (Å²) in [5.74, 6) is 0. The van der Waals surface area contributed by atoms with Crippen LogP contribution in [-0.2, 0) is 0 Å². The molecule has 0 heteroatoms. The molecule has 9 aromatic rings. The van der Waals surface area contributed by atoms with Crippen LogP contribution in [0.4, 0.5) is 0 Å². The molecule has 0 saturated heterocycles. The molecule has 0 aliphatic heterocycles. The van der Waals surface area contributed by atoms with Crippen molar-refractivity contribution < 1.29 is 0 Å². The lowest BCUT2D eigenvalue weighted by Gasteiger charge is -2.19. The average molecular weight is 761 g/mol. The monoisotopic (exact) mass is 760 g/mol. The fourth-order valence-electron chi connectivity index (χ4n) is 9.35. The van der Waals surface area contributed by atoms with E-state index in [1.807, 2.05) is 0 Å². The van der Waals surface area contributed by atoms with Gasteiger partial charge in [-0.05, 0) is 136 Å². The van der Waals surface area contributed by atoms with Crippen LogP contribution in [0.1, 0.15) is 33.4 Å². The second-order valence-electron chi connectivity index (χ2n) is 15.6. The van der Waals surface area contributed by atoms with E-state index in [1.165, 1.54) is 111 Å². The molecule has 0 nitrogen and oxygen atoms in total. The van der Waals surface area contributed by atoms with Gasteiger partial charge in [0.2, 0.25) is 0 Å². The largest absolute Gasteiger partial charge is 0.0622 e. The minimum Gasteiger partial charge on any atom is -0.0622 e. The first kappa shape index (κ1) is 35.4. The van der Waals surface area contributed by atoms with Gasteiger partial charge < -0.3 is 0 Å². The molecule has 0 aromatic heterocycles. The molecule has 0 bridgehead atoms. The summed E-state index contributed by atoms with van der Waals surface area (Å²) < 4.78 is 0. The van der Waals surface area contributed by atoms with Crippen molar-refractivity contribution in [3.63, 3.8) is 0 Å². The smallest absolute Gasteiger partial charge is 0.000137 e. The summed E-state index contributed by atoms with van der Waals surface area (Å²) in [6, 6.07) is 88.8. The van der Waals surface area contributed by atoms with Gasteiger partial charge in [-0.2, -0.15) is 0 Å². The van der Waals surface area contributed by atoms with Gasteiger partial charge in [0.25, 0.3) is 0 Å². The highest BCUT2D eigenvalue weighted by Crippen LogP contribution is 2.62. The molecule has 9 aromatic carbocycles. The molecule has 0 atom stereocenters. The third-order valence-electron chi connectivity index (χ3n) is 12.0. The van der Waals surface area contributed by atoms with E-state index in [1.54, 1.807) is 0 Å². The molecule has 0 saturated carbocycles. The summed E-state index contributed by atoms with van der Waals surface area (Å²) in [4.78, 5) is 0. The molecule has 0 heterocycles. The lowest BCUT2D eigenvalue weighted by Crippen LogP contribution is -1.97. The molecule has 11 rings (SSSR count). The van der Waals surface area contributed by atoms with E-state index in [2.05, 4.69) is 243 Å². The van der Waals surface area contributed by atoms with Crippen LogP contribution in [0.15, 0.2) is 248 Å². The molecular weight excluding hydrogens is 721 g/mol. The normalized spacial score (nSPS) is 13.1. The summed E-state index contributed by atoms with van der Waals surface area (Å²) in [7, 11) is 0. The molecule has 0 fully saturated rings. The zero-order valence-corrected chi connectivity index (χ0v) is 33.1. The molecule has 60 heavy (non-hydrogen) atoms. The highest BCUT2D eigenvalue weighted by atomic mass is 14.4. The Morgan fingerprint density at radius 3 is 0.833 bits per heavy atom. The number of hydrogen-bond acceptors (Lipinski definition) is 0. The van der Waals surface area contributed by atoms with Gasteiger partial charge in [0.1, 0.15) is 0 Å². The maximum Gasteiger partial charge on any atom is -0.000137 e. The first-order chi connectivity index (χ1) is 29.8. The van der Waals surface area contributed by atoms with Crippen molar-refractivity contribution >= 4 is 27.9 Å². The standard InChI is InChI=1S/C60H40/c1-7-21-41(22-8-1)47-33-19-35-49(37-47)55-53-39-51(43-25-11-3-12-26-43)52(44-27-13-4-14-28-44)40-54(53)59-58(50-36-20-34-48(38-50)42-23-9-2-10-24-42)56(45-29-15-5-16-30-45)57(60(55)59)46-31-17-6-18-32-46/h1-40H. The van der Waals surface area contributed by atoms with Gasteiger partial charge in [-0.15, -0.1) is 0 Å². The lowest BCUT2D eigenvalue weighted by atomic mass is 9.84. The molecule has 0 amide bonds. The number of benzene rings is 9. The maximum atomic E-state index is 2.49. The van der Waals surface area contributed by atoms with Gasteiger partial charge in [-0.25, -0.2) is 0 Å².